The van der Waals surface area contributed by atoms with E-state index in [9.17, 15) is 0 Å². The highest BCUT2D eigenvalue weighted by Gasteiger charge is 2.46. The molecule has 0 N–H and O–H groups in total. The molecule has 0 aromatic heterocycles. The Morgan fingerprint density at radius 2 is 1.14 bits per heavy atom. The highest BCUT2D eigenvalue weighted by Crippen LogP contribution is 2.48. The lowest BCUT2D eigenvalue weighted by Crippen LogP contribution is -2.44. The molecule has 0 fully saturated rings. The lowest BCUT2D eigenvalue weighted by atomic mass is 9.76. The number of nitrogens with zero attached hydrogens (tertiary/aromatic N) is 2. The first kappa shape index (κ1) is 29.6. The van der Waals surface area contributed by atoms with Crippen molar-refractivity contribution >= 4 is 5.84 Å². The van der Waals surface area contributed by atoms with Crippen LogP contribution in [0.4, 0.5) is 0 Å². The second-order valence-corrected chi connectivity index (χ2v) is 12.0. The van der Waals surface area contributed by atoms with Crippen LogP contribution in [0.25, 0.3) is 0 Å². The van der Waals surface area contributed by atoms with Crippen LogP contribution >= 0.6 is 0 Å². The van der Waals surface area contributed by atoms with Crippen molar-refractivity contribution in [2.24, 2.45) is 4.99 Å². The van der Waals surface area contributed by atoms with Crippen LogP contribution in [-0.4, -0.2) is 17.3 Å². The third-order valence-corrected chi connectivity index (χ3v) is 8.88. The van der Waals surface area contributed by atoms with Crippen LogP contribution in [0, 0.1) is 0 Å². The van der Waals surface area contributed by atoms with Crippen molar-refractivity contribution in [1.82, 2.24) is 4.90 Å². The zero-order chi connectivity index (χ0) is 30.0. The van der Waals surface area contributed by atoms with Crippen LogP contribution in [0.3, 0.4) is 0 Å². The van der Waals surface area contributed by atoms with Crippen LogP contribution < -0.4 is 0 Å². The van der Waals surface area contributed by atoms with Crippen molar-refractivity contribution < 1.29 is 4.74 Å². The van der Waals surface area contributed by atoms with Crippen LogP contribution in [0.2, 0.25) is 0 Å². The predicted octanol–water partition coefficient (Wildman–Crippen LogP) is 9.73. The standard InChI is InChI=1S/C41H42N2O/c1-41(37-27-15-6-16-28-37,29-17-18-30-44-32-34-21-9-3-10-22-34)40-42-38(35-23-11-4-12-24-35)39(36-25-13-5-14-26-36)43(40)31-33-19-7-2-8-20-33/h2-16,19-28,38-39H,17-18,29-32H2,1H3/t38-,39-,41-/m0/s1. The lowest BCUT2D eigenvalue weighted by Gasteiger charge is -2.39. The van der Waals surface area contributed by atoms with E-state index in [-0.39, 0.29) is 17.5 Å². The van der Waals surface area contributed by atoms with E-state index in [0.29, 0.717) is 6.61 Å². The predicted molar refractivity (Wildman–Crippen MR) is 182 cm³/mol. The Bertz CT molecular complexity index is 1590. The molecule has 3 heteroatoms. The smallest absolute Gasteiger partial charge is 0.111 e. The second-order valence-electron chi connectivity index (χ2n) is 12.0. The number of hydrogen-bond donors (Lipinski definition) is 0. The van der Waals surface area contributed by atoms with Crippen LogP contribution in [0.15, 0.2) is 157 Å². The molecule has 0 bridgehead atoms. The zero-order valence-corrected chi connectivity index (χ0v) is 25.6. The van der Waals surface area contributed by atoms with Gasteiger partial charge in [0.1, 0.15) is 11.9 Å². The number of hydrogen-bond acceptors (Lipinski definition) is 3. The second kappa shape index (κ2) is 14.3. The Morgan fingerprint density at radius 3 is 1.75 bits per heavy atom. The van der Waals surface area contributed by atoms with Crippen LogP contribution in [0.5, 0.6) is 0 Å². The van der Waals surface area contributed by atoms with E-state index in [1.165, 1.54) is 33.7 Å². The minimum Gasteiger partial charge on any atom is -0.377 e. The molecule has 1 heterocycles. The lowest BCUT2D eigenvalue weighted by molar-refractivity contribution is 0.116. The van der Waals surface area contributed by atoms with Gasteiger partial charge in [-0.15, -0.1) is 0 Å². The number of aliphatic imine (C=N–C) groups is 1. The topological polar surface area (TPSA) is 24.8 Å². The van der Waals surface area contributed by atoms with Gasteiger partial charge in [-0.2, -0.15) is 0 Å². The van der Waals surface area contributed by atoms with Gasteiger partial charge in [0.25, 0.3) is 0 Å². The number of benzene rings is 5. The normalized spacial score (nSPS) is 17.7. The zero-order valence-electron chi connectivity index (χ0n) is 25.6. The molecule has 1 aliphatic rings. The van der Waals surface area contributed by atoms with Crippen molar-refractivity contribution in [2.45, 2.75) is 56.8 Å². The summed E-state index contributed by atoms with van der Waals surface area (Å²) in [5.74, 6) is 1.17. The average molecular weight is 579 g/mol. The first-order valence-corrected chi connectivity index (χ1v) is 15.9. The van der Waals surface area contributed by atoms with Gasteiger partial charge < -0.3 is 9.64 Å². The Balaban J connectivity index is 1.34. The molecule has 5 aromatic carbocycles. The molecule has 5 aromatic rings. The first-order chi connectivity index (χ1) is 21.7. The van der Waals surface area contributed by atoms with Gasteiger partial charge in [0, 0.05) is 18.6 Å². The van der Waals surface area contributed by atoms with Crippen molar-refractivity contribution in [3.8, 4) is 0 Å². The monoisotopic (exact) mass is 578 g/mol. The summed E-state index contributed by atoms with van der Waals surface area (Å²) in [6.45, 7) is 4.61. The summed E-state index contributed by atoms with van der Waals surface area (Å²) >= 11 is 0. The van der Waals surface area contributed by atoms with Crippen LogP contribution in [0.1, 0.15) is 66.1 Å². The highest BCUT2D eigenvalue weighted by molar-refractivity contribution is 5.95. The Hall–Kier alpha value is -4.47. The minimum atomic E-state index is -0.272. The van der Waals surface area contributed by atoms with E-state index in [2.05, 4.69) is 157 Å². The number of amidine groups is 1. The largest absolute Gasteiger partial charge is 0.377 e. The van der Waals surface area contributed by atoms with Crippen molar-refractivity contribution in [1.29, 1.82) is 0 Å². The van der Waals surface area contributed by atoms with Gasteiger partial charge >= 0.3 is 0 Å². The molecule has 222 valence electrons. The fourth-order valence-electron chi connectivity index (χ4n) is 6.55. The van der Waals surface area contributed by atoms with Gasteiger partial charge in [-0.25, -0.2) is 0 Å². The SMILES string of the molecule is C[C@@](CCCCOCc1ccccc1)(C1=N[C@@H](c2ccccc2)[C@H](c2ccccc2)N1Cc1ccccc1)c1ccccc1. The quantitative estimate of drug-likeness (QED) is 0.130. The minimum absolute atomic E-state index is 0.00504. The van der Waals surface area contributed by atoms with E-state index < -0.39 is 0 Å². The molecule has 0 saturated carbocycles. The molecule has 0 radical (unpaired) electrons. The van der Waals surface area contributed by atoms with Crippen molar-refractivity contribution in [3.63, 3.8) is 0 Å². The molecular weight excluding hydrogens is 536 g/mol. The Morgan fingerprint density at radius 1 is 0.614 bits per heavy atom. The van der Waals surface area contributed by atoms with Gasteiger partial charge in [-0.05, 0) is 54.0 Å². The number of ether oxygens (including phenoxy) is 1. The number of unbranched alkanes of at least 4 members (excludes halogenated alkanes) is 1. The molecule has 0 unspecified atom stereocenters. The van der Waals surface area contributed by atoms with Crippen molar-refractivity contribution in [2.75, 3.05) is 6.61 Å². The van der Waals surface area contributed by atoms with Gasteiger partial charge in [0.05, 0.1) is 12.6 Å². The van der Waals surface area contributed by atoms with Gasteiger partial charge in [-0.3, -0.25) is 4.99 Å². The highest BCUT2D eigenvalue weighted by atomic mass is 16.5. The molecule has 6 rings (SSSR count). The molecule has 0 aliphatic carbocycles. The fourth-order valence-corrected chi connectivity index (χ4v) is 6.55. The molecule has 0 spiro atoms. The third kappa shape index (κ3) is 6.85. The molecular formula is C41H42N2O. The van der Waals surface area contributed by atoms with E-state index in [1.807, 2.05) is 6.07 Å². The van der Waals surface area contributed by atoms with Crippen LogP contribution in [-0.2, 0) is 23.3 Å². The Labute approximate surface area is 262 Å². The maximum absolute atomic E-state index is 6.07. The summed E-state index contributed by atoms with van der Waals surface area (Å²) in [5, 5.41) is 0. The van der Waals surface area contributed by atoms with E-state index in [0.717, 1.165) is 32.4 Å². The van der Waals surface area contributed by atoms with Gasteiger partial charge in [0.15, 0.2) is 0 Å². The summed E-state index contributed by atoms with van der Waals surface area (Å²) in [6, 6.07) is 54.1. The van der Waals surface area contributed by atoms with E-state index >= 15 is 0 Å². The molecule has 1 aliphatic heterocycles. The summed E-state index contributed by atoms with van der Waals surface area (Å²) < 4.78 is 6.07. The van der Waals surface area contributed by atoms with E-state index in [1.54, 1.807) is 0 Å². The molecule has 3 atom stereocenters. The van der Waals surface area contributed by atoms with Gasteiger partial charge in [0.2, 0.25) is 0 Å². The summed E-state index contributed by atoms with van der Waals surface area (Å²) in [7, 11) is 0. The number of rotatable bonds is 13. The maximum Gasteiger partial charge on any atom is 0.111 e. The summed E-state index contributed by atoms with van der Waals surface area (Å²) in [4.78, 5) is 8.31. The summed E-state index contributed by atoms with van der Waals surface area (Å²) in [5.41, 5.74) is 6.09. The maximum atomic E-state index is 6.07. The van der Waals surface area contributed by atoms with Crippen molar-refractivity contribution in [3.05, 3.63) is 179 Å². The molecule has 0 amide bonds. The first-order valence-electron chi connectivity index (χ1n) is 15.9. The molecule has 3 nitrogen and oxygen atoms in total. The van der Waals surface area contributed by atoms with Gasteiger partial charge in [-0.1, -0.05) is 152 Å². The third-order valence-electron chi connectivity index (χ3n) is 8.88. The molecule has 0 saturated heterocycles. The van der Waals surface area contributed by atoms with E-state index in [4.69, 9.17) is 9.73 Å². The summed E-state index contributed by atoms with van der Waals surface area (Å²) in [6.07, 6.45) is 3.04. The fraction of sp³-hybridized carbons (Fsp3) is 0.244. The average Bonchev–Trinajstić information content (AvgIpc) is 3.48. The Kier molecular flexibility index (Phi) is 9.64. The molecule has 44 heavy (non-hydrogen) atoms.